The molecule has 2 unspecified atom stereocenters. The zero-order valence-corrected chi connectivity index (χ0v) is 8.41. The van der Waals surface area contributed by atoms with Gasteiger partial charge in [0.2, 0.25) is 0 Å². The Morgan fingerprint density at radius 1 is 1.43 bits per heavy atom. The maximum absolute atomic E-state index is 10.8. The van der Waals surface area contributed by atoms with E-state index in [0.29, 0.717) is 12.5 Å². The Hall–Kier alpha value is -0.610. The average molecular weight is 198 g/mol. The standard InChI is InChI=1S/C10H18N2O2/c13-10(14)9-4-8(5-11-6-9)7-12-2-1-3-12/h8-9,11H,1-7H2,(H,13,14). The minimum atomic E-state index is -0.647. The van der Waals surface area contributed by atoms with Crippen LogP contribution in [-0.2, 0) is 4.79 Å². The third-order valence-corrected chi connectivity index (χ3v) is 3.26. The Bertz CT molecular complexity index is 216. The van der Waals surface area contributed by atoms with E-state index in [1.807, 2.05) is 0 Å². The Labute approximate surface area is 84.3 Å². The molecule has 2 heterocycles. The SMILES string of the molecule is O=C(O)C1CNCC(CN2CCC2)C1. The van der Waals surface area contributed by atoms with Crippen molar-refractivity contribution in [1.82, 2.24) is 10.2 Å². The van der Waals surface area contributed by atoms with Crippen LogP contribution in [0.25, 0.3) is 0 Å². The zero-order valence-electron chi connectivity index (χ0n) is 8.41. The Kier molecular flexibility index (Phi) is 3.03. The van der Waals surface area contributed by atoms with Gasteiger partial charge in [0.25, 0.3) is 0 Å². The summed E-state index contributed by atoms with van der Waals surface area (Å²) >= 11 is 0. The summed E-state index contributed by atoms with van der Waals surface area (Å²) in [5, 5.41) is 12.1. The molecule has 2 N–H and O–H groups in total. The molecule has 0 bridgehead atoms. The van der Waals surface area contributed by atoms with Crippen LogP contribution in [0.15, 0.2) is 0 Å². The minimum absolute atomic E-state index is 0.171. The lowest BCUT2D eigenvalue weighted by atomic mass is 9.89. The average Bonchev–Trinajstić information content (AvgIpc) is 2.12. The molecule has 2 aliphatic rings. The van der Waals surface area contributed by atoms with E-state index in [1.54, 1.807) is 0 Å². The highest BCUT2D eigenvalue weighted by molar-refractivity contribution is 5.70. The van der Waals surface area contributed by atoms with Gasteiger partial charge in [0.1, 0.15) is 0 Å². The molecule has 80 valence electrons. The lowest BCUT2D eigenvalue weighted by Gasteiger charge is -2.36. The molecule has 0 amide bonds. The lowest BCUT2D eigenvalue weighted by Crippen LogP contribution is -2.47. The van der Waals surface area contributed by atoms with Crippen molar-refractivity contribution in [2.24, 2.45) is 11.8 Å². The quantitative estimate of drug-likeness (QED) is 0.670. The number of nitrogens with one attached hydrogen (secondary N) is 1. The minimum Gasteiger partial charge on any atom is -0.481 e. The number of nitrogens with zero attached hydrogens (tertiary/aromatic N) is 1. The molecule has 0 aromatic rings. The molecule has 2 atom stereocenters. The molecule has 14 heavy (non-hydrogen) atoms. The molecule has 0 saturated carbocycles. The summed E-state index contributed by atoms with van der Waals surface area (Å²) in [4.78, 5) is 13.2. The van der Waals surface area contributed by atoms with E-state index in [4.69, 9.17) is 5.11 Å². The second-order valence-electron chi connectivity index (χ2n) is 4.45. The van der Waals surface area contributed by atoms with Gasteiger partial charge in [-0.3, -0.25) is 4.79 Å². The van der Waals surface area contributed by atoms with Gasteiger partial charge in [-0.1, -0.05) is 0 Å². The summed E-state index contributed by atoms with van der Waals surface area (Å²) < 4.78 is 0. The maximum Gasteiger partial charge on any atom is 0.307 e. The predicted molar refractivity (Wildman–Crippen MR) is 53.2 cm³/mol. The van der Waals surface area contributed by atoms with Gasteiger partial charge in [-0.05, 0) is 38.4 Å². The summed E-state index contributed by atoms with van der Waals surface area (Å²) in [7, 11) is 0. The second-order valence-corrected chi connectivity index (χ2v) is 4.45. The van der Waals surface area contributed by atoms with Crippen LogP contribution < -0.4 is 5.32 Å². The van der Waals surface area contributed by atoms with E-state index in [9.17, 15) is 4.79 Å². The fourth-order valence-electron chi connectivity index (χ4n) is 2.29. The van der Waals surface area contributed by atoms with E-state index < -0.39 is 5.97 Å². The summed E-state index contributed by atoms with van der Waals surface area (Å²) in [5.74, 6) is -0.286. The van der Waals surface area contributed by atoms with Gasteiger partial charge >= 0.3 is 5.97 Å². The van der Waals surface area contributed by atoms with Crippen molar-refractivity contribution < 1.29 is 9.90 Å². The number of rotatable bonds is 3. The molecule has 2 saturated heterocycles. The van der Waals surface area contributed by atoms with Crippen LogP contribution in [0.2, 0.25) is 0 Å². The number of likely N-dealkylation sites (tertiary alicyclic amines) is 1. The monoisotopic (exact) mass is 198 g/mol. The van der Waals surface area contributed by atoms with Crippen molar-refractivity contribution >= 4 is 5.97 Å². The smallest absolute Gasteiger partial charge is 0.307 e. The molecule has 4 nitrogen and oxygen atoms in total. The van der Waals surface area contributed by atoms with Gasteiger partial charge in [0.05, 0.1) is 5.92 Å². The van der Waals surface area contributed by atoms with Crippen LogP contribution in [0.1, 0.15) is 12.8 Å². The molecule has 0 aromatic carbocycles. The summed E-state index contributed by atoms with van der Waals surface area (Å²) in [6.45, 7) is 5.12. The van der Waals surface area contributed by atoms with Gasteiger partial charge < -0.3 is 15.3 Å². The molecule has 2 aliphatic heterocycles. The van der Waals surface area contributed by atoms with E-state index in [0.717, 1.165) is 19.5 Å². The number of carbonyl (C=O) groups is 1. The maximum atomic E-state index is 10.8. The molecule has 0 radical (unpaired) electrons. The molecule has 2 rings (SSSR count). The van der Waals surface area contributed by atoms with E-state index in [-0.39, 0.29) is 5.92 Å². The normalized spacial score (nSPS) is 33.7. The lowest BCUT2D eigenvalue weighted by molar-refractivity contribution is -0.142. The Balaban J connectivity index is 1.78. The van der Waals surface area contributed by atoms with Gasteiger partial charge in [-0.25, -0.2) is 0 Å². The van der Waals surface area contributed by atoms with E-state index in [1.165, 1.54) is 19.5 Å². The highest BCUT2D eigenvalue weighted by Crippen LogP contribution is 2.19. The molecular weight excluding hydrogens is 180 g/mol. The van der Waals surface area contributed by atoms with Crippen LogP contribution in [0, 0.1) is 11.8 Å². The predicted octanol–water partition coefficient (Wildman–Crippen LogP) is 0.00240. The highest BCUT2D eigenvalue weighted by Gasteiger charge is 2.28. The number of carboxylic acid groups (broad SMARTS) is 1. The number of hydrogen-bond donors (Lipinski definition) is 2. The van der Waals surface area contributed by atoms with Crippen molar-refractivity contribution in [3.05, 3.63) is 0 Å². The molecular formula is C10H18N2O2. The molecule has 0 aromatic heterocycles. The van der Waals surface area contributed by atoms with Crippen molar-refractivity contribution in [2.45, 2.75) is 12.8 Å². The fraction of sp³-hybridized carbons (Fsp3) is 0.900. The first kappa shape index (κ1) is 9.93. The largest absolute Gasteiger partial charge is 0.481 e. The first-order valence-electron chi connectivity index (χ1n) is 5.41. The fourth-order valence-corrected chi connectivity index (χ4v) is 2.29. The first-order chi connectivity index (χ1) is 6.75. The Morgan fingerprint density at radius 3 is 2.79 bits per heavy atom. The van der Waals surface area contributed by atoms with Crippen LogP contribution in [0.3, 0.4) is 0 Å². The highest BCUT2D eigenvalue weighted by atomic mass is 16.4. The molecule has 0 aliphatic carbocycles. The Morgan fingerprint density at radius 2 is 2.21 bits per heavy atom. The molecule has 2 fully saturated rings. The van der Waals surface area contributed by atoms with Gasteiger partial charge in [0, 0.05) is 13.1 Å². The summed E-state index contributed by atoms with van der Waals surface area (Å²) in [6.07, 6.45) is 2.15. The topological polar surface area (TPSA) is 52.6 Å². The number of hydrogen-bond acceptors (Lipinski definition) is 3. The van der Waals surface area contributed by atoms with Crippen molar-refractivity contribution in [1.29, 1.82) is 0 Å². The van der Waals surface area contributed by atoms with Crippen molar-refractivity contribution in [3.63, 3.8) is 0 Å². The summed E-state index contributed by atoms with van der Waals surface area (Å²) in [5.41, 5.74) is 0. The van der Waals surface area contributed by atoms with Gasteiger partial charge in [-0.2, -0.15) is 0 Å². The summed E-state index contributed by atoms with van der Waals surface area (Å²) in [6, 6.07) is 0. The third-order valence-electron chi connectivity index (χ3n) is 3.26. The van der Waals surface area contributed by atoms with E-state index >= 15 is 0 Å². The second kappa shape index (κ2) is 4.28. The van der Waals surface area contributed by atoms with Crippen molar-refractivity contribution in [3.8, 4) is 0 Å². The third kappa shape index (κ3) is 2.25. The van der Waals surface area contributed by atoms with Crippen LogP contribution in [0.5, 0.6) is 0 Å². The number of piperidine rings is 1. The van der Waals surface area contributed by atoms with Crippen LogP contribution in [0.4, 0.5) is 0 Å². The van der Waals surface area contributed by atoms with Gasteiger partial charge in [0.15, 0.2) is 0 Å². The number of aliphatic carboxylic acids is 1. The first-order valence-corrected chi connectivity index (χ1v) is 5.41. The molecule has 0 spiro atoms. The van der Waals surface area contributed by atoms with Crippen LogP contribution >= 0.6 is 0 Å². The van der Waals surface area contributed by atoms with Crippen molar-refractivity contribution in [2.75, 3.05) is 32.7 Å². The van der Waals surface area contributed by atoms with Gasteiger partial charge in [-0.15, -0.1) is 0 Å². The van der Waals surface area contributed by atoms with E-state index in [2.05, 4.69) is 10.2 Å². The zero-order chi connectivity index (χ0) is 9.97. The van der Waals surface area contributed by atoms with Crippen LogP contribution in [-0.4, -0.2) is 48.7 Å². The number of carboxylic acids is 1. The molecule has 4 heteroatoms.